The molecule has 1 aromatic carbocycles. The highest BCUT2D eigenvalue weighted by Gasteiger charge is 2.29. The number of rotatable bonds is 7. The molecule has 0 saturated carbocycles. The fourth-order valence-electron chi connectivity index (χ4n) is 3.65. The van der Waals surface area contributed by atoms with E-state index in [1.807, 2.05) is 20.8 Å². The number of nitrogens with one attached hydrogen (secondary N) is 1. The van der Waals surface area contributed by atoms with E-state index in [1.165, 1.54) is 61.9 Å². The van der Waals surface area contributed by atoms with E-state index in [2.05, 4.69) is 10.3 Å². The molecule has 3 rings (SSSR count). The van der Waals surface area contributed by atoms with Crippen LogP contribution < -0.4 is 5.32 Å². The van der Waals surface area contributed by atoms with Gasteiger partial charge < -0.3 is 15.5 Å². The normalized spacial score (nSPS) is 13.9. The Labute approximate surface area is 198 Å². The highest BCUT2D eigenvalue weighted by molar-refractivity contribution is 7.90. The van der Waals surface area contributed by atoms with Crippen LogP contribution in [0.4, 0.5) is 9.18 Å². The first kappa shape index (κ1) is 25.4. The molecule has 10 heteroatoms. The van der Waals surface area contributed by atoms with Gasteiger partial charge in [-0.05, 0) is 48.6 Å². The van der Waals surface area contributed by atoms with E-state index in [9.17, 15) is 23.4 Å². The van der Waals surface area contributed by atoms with Crippen LogP contribution in [-0.4, -0.2) is 39.7 Å². The zero-order valence-electron chi connectivity index (χ0n) is 19.4. The molecular weight excluding hydrogens is 461 g/mol. The van der Waals surface area contributed by atoms with Crippen LogP contribution in [0.1, 0.15) is 44.9 Å². The molecule has 3 N–H and O–H groups in total. The van der Waals surface area contributed by atoms with Gasteiger partial charge in [-0.25, -0.2) is 21.6 Å². The van der Waals surface area contributed by atoms with E-state index in [-0.39, 0.29) is 28.1 Å². The fraction of sp³-hybridized carbons (Fsp3) is 0.333. The molecule has 0 saturated heterocycles. The molecule has 2 aromatic heterocycles. The lowest BCUT2D eigenvalue weighted by Gasteiger charge is -2.30. The highest BCUT2D eigenvalue weighted by atomic mass is 32.2. The molecule has 0 bridgehead atoms. The number of hydrogen-bond donors (Lipinski definition) is 3. The molecule has 0 aliphatic carbocycles. The van der Waals surface area contributed by atoms with E-state index in [4.69, 9.17) is 0 Å². The van der Waals surface area contributed by atoms with Crippen LogP contribution >= 0.6 is 0 Å². The fourth-order valence-corrected chi connectivity index (χ4v) is 5.00. The average molecular weight is 490 g/mol. The number of halogens is 1. The van der Waals surface area contributed by atoms with Gasteiger partial charge in [0.1, 0.15) is 10.7 Å². The van der Waals surface area contributed by atoms with Crippen LogP contribution in [0.25, 0.3) is 11.3 Å². The smallest absolute Gasteiger partial charge is 0.404 e. The predicted octanol–water partition coefficient (Wildman–Crippen LogP) is 4.20. The van der Waals surface area contributed by atoms with Crippen molar-refractivity contribution in [2.75, 3.05) is 0 Å². The molecule has 8 nitrogen and oxygen atoms in total. The first-order chi connectivity index (χ1) is 15.8. The van der Waals surface area contributed by atoms with E-state index < -0.39 is 39.5 Å². The Balaban J connectivity index is 2.22. The number of benzene rings is 1. The third-order valence-electron chi connectivity index (χ3n) is 5.57. The van der Waals surface area contributed by atoms with Gasteiger partial charge in [-0.1, -0.05) is 32.9 Å². The molecule has 0 spiro atoms. The first-order valence-electron chi connectivity index (χ1n) is 10.7. The van der Waals surface area contributed by atoms with Gasteiger partial charge in [0.2, 0.25) is 0 Å². The summed E-state index contributed by atoms with van der Waals surface area (Å²) in [6.45, 7) is 7.02. The molecular formula is C24H28FN3O5S. The van der Waals surface area contributed by atoms with Crippen molar-refractivity contribution in [1.29, 1.82) is 0 Å². The molecule has 182 valence electrons. The SMILES string of the molecule is CC(O)c1cccc(-c2cc(CC(NC(=O)O)C(C)(C)C)cn2S(=O)(=O)c2cccnc2)c1F. The number of carboxylic acid groups (broad SMARTS) is 1. The summed E-state index contributed by atoms with van der Waals surface area (Å²) in [6.07, 6.45) is 1.90. The summed E-state index contributed by atoms with van der Waals surface area (Å²) in [5, 5.41) is 21.7. The molecule has 3 aromatic rings. The molecule has 1 amide bonds. The maximum atomic E-state index is 15.3. The number of carbonyl (C=O) groups is 1. The van der Waals surface area contributed by atoms with E-state index in [0.29, 0.717) is 5.56 Å². The van der Waals surface area contributed by atoms with Crippen molar-refractivity contribution in [3.63, 3.8) is 0 Å². The number of nitrogens with zero attached hydrogens (tertiary/aromatic N) is 2. The van der Waals surface area contributed by atoms with E-state index >= 15 is 4.39 Å². The second kappa shape index (κ2) is 9.55. The van der Waals surface area contributed by atoms with Crippen molar-refractivity contribution in [2.24, 2.45) is 5.41 Å². The maximum Gasteiger partial charge on any atom is 0.404 e. The molecule has 2 unspecified atom stereocenters. The molecule has 34 heavy (non-hydrogen) atoms. The minimum Gasteiger partial charge on any atom is -0.465 e. The largest absolute Gasteiger partial charge is 0.465 e. The lowest BCUT2D eigenvalue weighted by molar-refractivity contribution is 0.174. The van der Waals surface area contributed by atoms with Crippen LogP contribution in [0.15, 0.2) is 59.9 Å². The monoisotopic (exact) mass is 489 g/mol. The summed E-state index contributed by atoms with van der Waals surface area (Å²) in [7, 11) is -4.15. The van der Waals surface area contributed by atoms with Crippen molar-refractivity contribution < 1.29 is 27.8 Å². The van der Waals surface area contributed by atoms with Crippen molar-refractivity contribution in [3.05, 3.63) is 71.9 Å². The minimum absolute atomic E-state index is 0.00406. The van der Waals surface area contributed by atoms with Gasteiger partial charge in [0.25, 0.3) is 10.0 Å². The Morgan fingerprint density at radius 3 is 2.50 bits per heavy atom. The van der Waals surface area contributed by atoms with Crippen LogP contribution in [0.5, 0.6) is 0 Å². The zero-order chi connectivity index (χ0) is 25.3. The zero-order valence-corrected chi connectivity index (χ0v) is 20.2. The lowest BCUT2D eigenvalue weighted by Crippen LogP contribution is -2.44. The highest BCUT2D eigenvalue weighted by Crippen LogP contribution is 2.33. The predicted molar refractivity (Wildman–Crippen MR) is 125 cm³/mol. The van der Waals surface area contributed by atoms with Gasteiger partial charge in [-0.15, -0.1) is 0 Å². The Hall–Kier alpha value is -3.24. The average Bonchev–Trinajstić information content (AvgIpc) is 3.17. The molecule has 2 heterocycles. The van der Waals surface area contributed by atoms with Crippen LogP contribution in [0.2, 0.25) is 0 Å². The molecule has 2 atom stereocenters. The Morgan fingerprint density at radius 2 is 1.94 bits per heavy atom. The molecule has 0 fully saturated rings. The minimum atomic E-state index is -4.15. The summed E-state index contributed by atoms with van der Waals surface area (Å²) >= 11 is 0. The number of aromatic nitrogens is 2. The summed E-state index contributed by atoms with van der Waals surface area (Å²) in [5.74, 6) is -0.735. The number of hydrogen-bond acceptors (Lipinski definition) is 5. The van der Waals surface area contributed by atoms with Crippen molar-refractivity contribution >= 4 is 16.1 Å². The third-order valence-corrected chi connectivity index (χ3v) is 7.23. The van der Waals surface area contributed by atoms with Crippen molar-refractivity contribution in [2.45, 2.75) is 51.2 Å². The van der Waals surface area contributed by atoms with Gasteiger partial charge >= 0.3 is 6.09 Å². The summed E-state index contributed by atoms with van der Waals surface area (Å²) in [6, 6.07) is 8.27. The van der Waals surface area contributed by atoms with Gasteiger partial charge in [0, 0.05) is 35.8 Å². The second-order valence-corrected chi connectivity index (χ2v) is 11.0. The van der Waals surface area contributed by atoms with E-state index in [0.717, 1.165) is 3.97 Å². The van der Waals surface area contributed by atoms with Crippen LogP contribution in [-0.2, 0) is 16.4 Å². The standard InChI is InChI=1S/C24H28FN3O5S/c1-15(29)18-8-5-9-19(22(18)25)20-11-16(12-21(24(2,3)4)27-23(30)31)14-28(20)34(32,33)17-7-6-10-26-13-17/h5-11,13-15,21,27,29H,12H2,1-4H3,(H,30,31). The van der Waals surface area contributed by atoms with E-state index in [1.54, 1.807) is 0 Å². The summed E-state index contributed by atoms with van der Waals surface area (Å²) < 4.78 is 43.3. The van der Waals surface area contributed by atoms with Gasteiger partial charge in [-0.3, -0.25) is 4.98 Å². The number of aliphatic hydroxyl groups excluding tert-OH is 1. The lowest BCUT2D eigenvalue weighted by atomic mass is 9.83. The number of aliphatic hydroxyl groups is 1. The van der Waals surface area contributed by atoms with Crippen molar-refractivity contribution in [1.82, 2.24) is 14.3 Å². The summed E-state index contributed by atoms with van der Waals surface area (Å²) in [4.78, 5) is 15.1. The van der Waals surface area contributed by atoms with Gasteiger partial charge in [0.05, 0.1) is 11.8 Å². The Morgan fingerprint density at radius 1 is 1.24 bits per heavy atom. The number of amides is 1. The van der Waals surface area contributed by atoms with Crippen LogP contribution in [0.3, 0.4) is 0 Å². The first-order valence-corrected chi connectivity index (χ1v) is 12.1. The van der Waals surface area contributed by atoms with Crippen molar-refractivity contribution in [3.8, 4) is 11.3 Å². The Bertz CT molecular complexity index is 1280. The topological polar surface area (TPSA) is 122 Å². The molecule has 0 radical (unpaired) electrons. The van der Waals surface area contributed by atoms with Gasteiger partial charge in [-0.2, -0.15) is 0 Å². The number of pyridine rings is 1. The molecule has 0 aliphatic rings. The maximum absolute atomic E-state index is 15.3. The van der Waals surface area contributed by atoms with Crippen LogP contribution in [0, 0.1) is 11.2 Å². The van der Waals surface area contributed by atoms with Gasteiger partial charge in [0.15, 0.2) is 0 Å². The summed E-state index contributed by atoms with van der Waals surface area (Å²) in [5.41, 5.74) is 0.113. The third kappa shape index (κ3) is 5.28. The second-order valence-electron chi connectivity index (χ2n) is 9.18. The quantitative estimate of drug-likeness (QED) is 0.457. The molecule has 0 aliphatic heterocycles. The Kier molecular flexibility index (Phi) is 7.13.